The Morgan fingerprint density at radius 1 is 1.11 bits per heavy atom. The van der Waals surface area contributed by atoms with Gasteiger partial charge in [0.05, 0.1) is 12.1 Å². The molecule has 1 saturated heterocycles. The Labute approximate surface area is 115 Å². The summed E-state index contributed by atoms with van der Waals surface area (Å²) in [6, 6.07) is -0.271. The van der Waals surface area contributed by atoms with Crippen molar-refractivity contribution in [3.8, 4) is 0 Å². The number of hydrogen-bond acceptors (Lipinski definition) is 3. The predicted molar refractivity (Wildman–Crippen MR) is 74.8 cm³/mol. The standard InChI is InChI=1S/C15H26N2O2/c1-11(18)13-9-6-10-17(13)15(19)14(16-2)12-7-4-3-5-8-12/h12-14,16H,3-10H2,1-2H3/t13-,14?/m0/s1. The zero-order chi connectivity index (χ0) is 13.8. The molecule has 19 heavy (non-hydrogen) atoms. The monoisotopic (exact) mass is 266 g/mol. The van der Waals surface area contributed by atoms with Crippen molar-refractivity contribution >= 4 is 11.7 Å². The Hall–Kier alpha value is -0.900. The molecule has 2 rings (SSSR count). The number of carbonyl (C=O) groups is 2. The molecule has 2 aliphatic rings. The summed E-state index contributed by atoms with van der Waals surface area (Å²) in [5, 5.41) is 3.21. The van der Waals surface area contributed by atoms with Gasteiger partial charge >= 0.3 is 0 Å². The van der Waals surface area contributed by atoms with Crippen molar-refractivity contribution in [2.75, 3.05) is 13.6 Å². The highest BCUT2D eigenvalue weighted by Gasteiger charge is 2.37. The number of nitrogens with one attached hydrogen (secondary N) is 1. The van der Waals surface area contributed by atoms with Crippen LogP contribution in [0.1, 0.15) is 51.9 Å². The van der Waals surface area contributed by atoms with Crippen LogP contribution in [0.15, 0.2) is 0 Å². The van der Waals surface area contributed by atoms with Gasteiger partial charge in [-0.2, -0.15) is 0 Å². The number of ketones is 1. The molecule has 2 fully saturated rings. The van der Waals surface area contributed by atoms with Crippen molar-refractivity contribution in [3.63, 3.8) is 0 Å². The van der Waals surface area contributed by atoms with Gasteiger partial charge in [-0.3, -0.25) is 9.59 Å². The highest BCUT2D eigenvalue weighted by atomic mass is 16.2. The Balaban J connectivity index is 2.05. The minimum absolute atomic E-state index is 0.0970. The van der Waals surface area contributed by atoms with Crippen LogP contribution in [0.25, 0.3) is 0 Å². The van der Waals surface area contributed by atoms with Crippen molar-refractivity contribution in [3.05, 3.63) is 0 Å². The maximum absolute atomic E-state index is 12.7. The highest BCUT2D eigenvalue weighted by Crippen LogP contribution is 2.29. The second kappa shape index (κ2) is 6.51. The molecule has 1 aliphatic heterocycles. The third-order valence-electron chi connectivity index (χ3n) is 4.70. The molecule has 108 valence electrons. The summed E-state index contributed by atoms with van der Waals surface area (Å²) < 4.78 is 0. The van der Waals surface area contributed by atoms with E-state index in [1.807, 2.05) is 11.9 Å². The van der Waals surface area contributed by atoms with Gasteiger partial charge in [-0.25, -0.2) is 0 Å². The van der Waals surface area contributed by atoms with Crippen molar-refractivity contribution in [1.29, 1.82) is 0 Å². The molecule has 1 saturated carbocycles. The van der Waals surface area contributed by atoms with Crippen LogP contribution < -0.4 is 5.32 Å². The van der Waals surface area contributed by atoms with Gasteiger partial charge in [-0.05, 0) is 45.6 Å². The van der Waals surface area contributed by atoms with Crippen LogP contribution in [0.3, 0.4) is 0 Å². The molecular formula is C15H26N2O2. The summed E-state index contributed by atoms with van der Waals surface area (Å²) in [6.45, 7) is 2.35. The van der Waals surface area contributed by atoms with E-state index in [0.717, 1.165) is 32.2 Å². The van der Waals surface area contributed by atoms with Gasteiger partial charge < -0.3 is 10.2 Å². The van der Waals surface area contributed by atoms with E-state index in [-0.39, 0.29) is 23.8 Å². The smallest absolute Gasteiger partial charge is 0.240 e. The lowest BCUT2D eigenvalue weighted by Crippen LogP contribution is -2.52. The summed E-state index contributed by atoms with van der Waals surface area (Å²) >= 11 is 0. The maximum Gasteiger partial charge on any atom is 0.240 e. The number of Topliss-reactive ketones (excluding diaryl/α,β-unsaturated/α-hetero) is 1. The quantitative estimate of drug-likeness (QED) is 0.843. The van der Waals surface area contributed by atoms with E-state index in [9.17, 15) is 9.59 Å². The molecule has 2 atom stereocenters. The maximum atomic E-state index is 12.7. The molecule has 1 N–H and O–H groups in total. The van der Waals surface area contributed by atoms with Crippen LogP contribution in [-0.2, 0) is 9.59 Å². The third-order valence-corrected chi connectivity index (χ3v) is 4.70. The summed E-state index contributed by atoms with van der Waals surface area (Å²) in [5.41, 5.74) is 0. The van der Waals surface area contributed by atoms with Gasteiger partial charge in [0.1, 0.15) is 0 Å². The summed E-state index contributed by atoms with van der Waals surface area (Å²) in [5.74, 6) is 0.718. The van der Waals surface area contributed by atoms with Crippen molar-refractivity contribution < 1.29 is 9.59 Å². The Morgan fingerprint density at radius 2 is 1.79 bits per heavy atom. The summed E-state index contributed by atoms with van der Waals surface area (Å²) in [7, 11) is 1.87. The first-order valence-electron chi connectivity index (χ1n) is 7.63. The van der Waals surface area contributed by atoms with Gasteiger partial charge in [0.15, 0.2) is 5.78 Å². The second-order valence-electron chi connectivity index (χ2n) is 5.96. The molecule has 0 aromatic heterocycles. The van der Waals surface area contributed by atoms with E-state index >= 15 is 0 Å². The summed E-state index contributed by atoms with van der Waals surface area (Å²) in [6.07, 6.45) is 7.81. The van der Waals surface area contributed by atoms with Crippen LogP contribution in [0.2, 0.25) is 0 Å². The Bertz CT molecular complexity index is 337. The summed E-state index contributed by atoms with van der Waals surface area (Å²) in [4.78, 5) is 26.2. The van der Waals surface area contributed by atoms with Crippen LogP contribution in [0.4, 0.5) is 0 Å². The molecule has 0 aromatic rings. The Morgan fingerprint density at radius 3 is 2.37 bits per heavy atom. The zero-order valence-corrected chi connectivity index (χ0v) is 12.2. The van der Waals surface area contributed by atoms with Gasteiger partial charge in [0.2, 0.25) is 5.91 Å². The SMILES string of the molecule is CNC(C(=O)N1CCC[C@H]1C(C)=O)C1CCCCC1. The van der Waals surface area contributed by atoms with Crippen LogP contribution >= 0.6 is 0 Å². The van der Waals surface area contributed by atoms with Crippen LogP contribution in [0.5, 0.6) is 0 Å². The van der Waals surface area contributed by atoms with E-state index in [2.05, 4.69) is 5.32 Å². The first-order chi connectivity index (χ1) is 9.15. The first kappa shape index (κ1) is 14.5. The Kier molecular flexibility index (Phi) is 4.97. The predicted octanol–water partition coefficient (Wildman–Crippen LogP) is 1.73. The highest BCUT2D eigenvalue weighted by molar-refractivity contribution is 5.90. The molecule has 0 bridgehead atoms. The fourth-order valence-electron chi connectivity index (χ4n) is 3.66. The number of amides is 1. The molecule has 1 heterocycles. The van der Waals surface area contributed by atoms with Crippen LogP contribution in [0, 0.1) is 5.92 Å². The average Bonchev–Trinajstić information content (AvgIpc) is 2.90. The van der Waals surface area contributed by atoms with Crippen LogP contribution in [-0.4, -0.2) is 42.3 Å². The molecule has 1 aliphatic carbocycles. The van der Waals surface area contributed by atoms with Crippen molar-refractivity contribution in [2.24, 2.45) is 5.92 Å². The van der Waals surface area contributed by atoms with Crippen molar-refractivity contribution in [1.82, 2.24) is 10.2 Å². The number of likely N-dealkylation sites (tertiary alicyclic amines) is 1. The van der Waals surface area contributed by atoms with E-state index in [1.54, 1.807) is 6.92 Å². The largest absolute Gasteiger partial charge is 0.331 e. The minimum Gasteiger partial charge on any atom is -0.331 e. The topological polar surface area (TPSA) is 49.4 Å². The van der Waals surface area contributed by atoms with E-state index in [1.165, 1.54) is 19.3 Å². The zero-order valence-electron chi connectivity index (χ0n) is 12.2. The molecular weight excluding hydrogens is 240 g/mol. The minimum atomic E-state index is -0.174. The number of carbonyl (C=O) groups excluding carboxylic acids is 2. The number of likely N-dealkylation sites (N-methyl/N-ethyl adjacent to an activating group) is 1. The molecule has 0 radical (unpaired) electrons. The normalized spacial score (nSPS) is 26.4. The number of hydrogen-bond donors (Lipinski definition) is 1. The molecule has 0 aromatic carbocycles. The van der Waals surface area contributed by atoms with Gasteiger partial charge in [0, 0.05) is 6.54 Å². The molecule has 4 nitrogen and oxygen atoms in total. The van der Waals surface area contributed by atoms with E-state index in [4.69, 9.17) is 0 Å². The first-order valence-corrected chi connectivity index (χ1v) is 7.63. The molecule has 1 amide bonds. The van der Waals surface area contributed by atoms with E-state index < -0.39 is 0 Å². The fourth-order valence-corrected chi connectivity index (χ4v) is 3.66. The lowest BCUT2D eigenvalue weighted by molar-refractivity contribution is -0.140. The average molecular weight is 266 g/mol. The van der Waals surface area contributed by atoms with Gasteiger partial charge in [-0.1, -0.05) is 19.3 Å². The second-order valence-corrected chi connectivity index (χ2v) is 5.96. The van der Waals surface area contributed by atoms with Gasteiger partial charge in [-0.15, -0.1) is 0 Å². The lowest BCUT2D eigenvalue weighted by atomic mass is 9.83. The van der Waals surface area contributed by atoms with E-state index in [0.29, 0.717) is 5.92 Å². The molecule has 0 spiro atoms. The third kappa shape index (κ3) is 3.16. The van der Waals surface area contributed by atoms with Gasteiger partial charge in [0.25, 0.3) is 0 Å². The number of nitrogens with zero attached hydrogens (tertiary/aromatic N) is 1. The number of rotatable bonds is 4. The lowest BCUT2D eigenvalue weighted by Gasteiger charge is -2.33. The fraction of sp³-hybridized carbons (Fsp3) is 0.867. The molecule has 4 heteroatoms. The molecule has 1 unspecified atom stereocenters. The van der Waals surface area contributed by atoms with Crippen molar-refractivity contribution in [2.45, 2.75) is 64.0 Å².